The molecule has 1 saturated heterocycles. The molecule has 1 aliphatic heterocycles. The van der Waals surface area contributed by atoms with Crippen LogP contribution in [-0.4, -0.2) is 74.0 Å². The normalized spacial score (nSPS) is 19.1. The number of terminal acetylenes is 1. The maximum absolute atomic E-state index is 14.8. The minimum atomic E-state index is -1.70. The number of rotatable bonds is 12. The molecule has 0 radical (unpaired) electrons. The van der Waals surface area contributed by atoms with Crippen molar-refractivity contribution in [3.05, 3.63) is 34.5 Å². The lowest BCUT2D eigenvalue weighted by Gasteiger charge is -2.31. The molecular weight excluding hydrogens is 653 g/mol. The number of ether oxygens (including phenoxy) is 5. The summed E-state index contributed by atoms with van der Waals surface area (Å²) in [4.78, 5) is 73.2. The van der Waals surface area contributed by atoms with Gasteiger partial charge in [0.1, 0.15) is 18.2 Å². The number of nitrogens with one attached hydrogen (secondary N) is 1. The number of amides is 1. The molecule has 4 rings (SSSR count). The molecule has 0 spiro atoms. The van der Waals surface area contributed by atoms with Crippen molar-refractivity contribution >= 4 is 41.0 Å². The summed E-state index contributed by atoms with van der Waals surface area (Å²) in [6.07, 6.45) is 3.09. The van der Waals surface area contributed by atoms with E-state index in [1.54, 1.807) is 27.7 Å². The summed E-state index contributed by atoms with van der Waals surface area (Å²) in [5.74, 6) is -1.69. The Labute approximate surface area is 278 Å². The summed E-state index contributed by atoms with van der Waals surface area (Å²) in [5.41, 5.74) is -3.34. The third-order valence-corrected chi connectivity index (χ3v) is 7.29. The lowest BCUT2D eigenvalue weighted by atomic mass is 9.95. The second-order valence-electron chi connectivity index (χ2n) is 12.4. The number of aromatic nitrogens is 4. The molecule has 3 atom stereocenters. The van der Waals surface area contributed by atoms with Crippen LogP contribution in [0.5, 0.6) is 0 Å². The van der Waals surface area contributed by atoms with Crippen LogP contribution in [0.2, 0.25) is 0 Å². The molecule has 0 aliphatic carbocycles. The molecule has 3 aromatic rings. The van der Waals surface area contributed by atoms with Crippen molar-refractivity contribution in [2.24, 2.45) is 11.8 Å². The number of imidazole rings is 1. The number of fused-ring (bicyclic) bond motifs is 1. The van der Waals surface area contributed by atoms with Gasteiger partial charge in [0.25, 0.3) is 0 Å². The van der Waals surface area contributed by atoms with E-state index in [-0.39, 0.29) is 41.7 Å². The maximum atomic E-state index is 14.8. The number of carbonyl (C=O) groups excluding carboxylic acids is 4. The molecule has 4 heterocycles. The van der Waals surface area contributed by atoms with Gasteiger partial charge in [0, 0.05) is 0 Å². The van der Waals surface area contributed by atoms with E-state index in [1.165, 1.54) is 31.7 Å². The zero-order chi connectivity index (χ0) is 36.3. The minimum absolute atomic E-state index is 0.0252. The van der Waals surface area contributed by atoms with Crippen LogP contribution in [0.25, 0.3) is 11.2 Å². The van der Waals surface area contributed by atoms with Gasteiger partial charge in [0.05, 0.1) is 31.2 Å². The zero-order valence-electron chi connectivity index (χ0n) is 27.9. The fourth-order valence-corrected chi connectivity index (χ4v) is 4.69. The van der Waals surface area contributed by atoms with Gasteiger partial charge in [0.15, 0.2) is 41.2 Å². The van der Waals surface area contributed by atoms with Crippen molar-refractivity contribution in [3.63, 3.8) is 0 Å². The second-order valence-corrected chi connectivity index (χ2v) is 12.4. The van der Waals surface area contributed by atoms with Gasteiger partial charge >= 0.3 is 35.9 Å². The van der Waals surface area contributed by atoms with Crippen molar-refractivity contribution in [3.8, 4) is 12.3 Å². The Balaban J connectivity index is 1.53. The Morgan fingerprint density at radius 1 is 1.14 bits per heavy atom. The Morgan fingerprint density at radius 2 is 1.84 bits per heavy atom. The van der Waals surface area contributed by atoms with Gasteiger partial charge < -0.3 is 37.1 Å². The molecule has 0 aromatic carbocycles. The molecule has 18 heteroatoms. The van der Waals surface area contributed by atoms with Crippen LogP contribution in [0.15, 0.2) is 20.0 Å². The summed E-state index contributed by atoms with van der Waals surface area (Å²) < 4.78 is 53.2. The maximum Gasteiger partial charge on any atom is 0.519 e. The number of aryl methyl sites for hydroxylation is 1. The van der Waals surface area contributed by atoms with E-state index < -0.39 is 84.1 Å². The largest absolute Gasteiger partial charge is 0.519 e. The van der Waals surface area contributed by atoms with E-state index in [0.717, 1.165) is 0 Å². The van der Waals surface area contributed by atoms with Crippen LogP contribution < -0.4 is 11.1 Å². The van der Waals surface area contributed by atoms with Crippen molar-refractivity contribution in [1.82, 2.24) is 19.5 Å². The molecule has 49 heavy (non-hydrogen) atoms. The van der Waals surface area contributed by atoms with Crippen LogP contribution in [0, 0.1) is 37.2 Å². The number of hydrogen-bond acceptors (Lipinski definition) is 15. The topological polar surface area (TPSA) is 213 Å². The van der Waals surface area contributed by atoms with E-state index in [9.17, 15) is 28.4 Å². The number of anilines is 1. The Kier molecular flexibility index (Phi) is 10.8. The van der Waals surface area contributed by atoms with Crippen molar-refractivity contribution in [2.75, 3.05) is 18.5 Å². The third kappa shape index (κ3) is 8.41. The molecule has 264 valence electrons. The van der Waals surface area contributed by atoms with E-state index in [1.807, 2.05) is 0 Å². The quantitative estimate of drug-likeness (QED) is 0.125. The first kappa shape index (κ1) is 36.5. The highest BCUT2D eigenvalue weighted by atomic mass is 19.1. The summed E-state index contributed by atoms with van der Waals surface area (Å²) in [6, 6.07) is -0.931. The summed E-state index contributed by atoms with van der Waals surface area (Å²) in [6.45, 7) is 9.81. The number of carbonyl (C=O) groups is 4. The molecule has 1 aliphatic rings. The number of esters is 3. The highest BCUT2D eigenvalue weighted by Crippen LogP contribution is 2.39. The van der Waals surface area contributed by atoms with E-state index >= 15 is 0 Å². The fraction of sp³-hybridized carbons (Fsp3) is 0.548. The molecule has 3 aromatic heterocycles. The number of nitrogens with zero attached hydrogens (tertiary/aromatic N) is 4. The van der Waals surface area contributed by atoms with Crippen molar-refractivity contribution in [2.45, 2.75) is 84.8 Å². The predicted molar refractivity (Wildman–Crippen MR) is 163 cm³/mol. The molecule has 0 saturated carbocycles. The summed E-state index contributed by atoms with van der Waals surface area (Å²) in [5, 5.41) is 2.31. The lowest BCUT2D eigenvalue weighted by molar-refractivity contribution is -0.168. The first-order chi connectivity index (χ1) is 22.9. The fourth-order valence-electron chi connectivity index (χ4n) is 4.69. The Bertz CT molecular complexity index is 1840. The van der Waals surface area contributed by atoms with Gasteiger partial charge in [-0.15, -0.1) is 6.42 Å². The lowest BCUT2D eigenvalue weighted by Crippen LogP contribution is -2.48. The SMILES string of the molecule is C#C[C@]1(COC(=O)C(C)C)OCC(n2cnc3c(NC(=O)OC(C)(C)CC(=O)OCc4oc(=O)oc4C)nc(F)nc32)[C@@H]1OC(=O)C(C)C. The highest BCUT2D eigenvalue weighted by molar-refractivity contribution is 5.93. The van der Waals surface area contributed by atoms with E-state index in [2.05, 4.69) is 26.2 Å². The average Bonchev–Trinajstić information content (AvgIpc) is 3.68. The molecule has 1 N–H and O–H groups in total. The molecule has 17 nitrogen and oxygen atoms in total. The van der Waals surface area contributed by atoms with Gasteiger partial charge in [-0.25, -0.2) is 14.6 Å². The van der Waals surface area contributed by atoms with Gasteiger partial charge in [-0.3, -0.25) is 19.7 Å². The van der Waals surface area contributed by atoms with E-state index in [0.29, 0.717) is 0 Å². The predicted octanol–water partition coefficient (Wildman–Crippen LogP) is 2.99. The first-order valence-corrected chi connectivity index (χ1v) is 15.1. The van der Waals surface area contributed by atoms with Crippen molar-refractivity contribution in [1.29, 1.82) is 0 Å². The third-order valence-electron chi connectivity index (χ3n) is 7.29. The average molecular weight is 690 g/mol. The molecule has 1 amide bonds. The Morgan fingerprint density at radius 3 is 2.45 bits per heavy atom. The van der Waals surface area contributed by atoms with Crippen LogP contribution in [-0.2, 0) is 44.7 Å². The monoisotopic (exact) mass is 689 g/mol. The first-order valence-electron chi connectivity index (χ1n) is 15.1. The number of halogens is 1. The smallest absolute Gasteiger partial charge is 0.461 e. The van der Waals surface area contributed by atoms with Crippen LogP contribution in [0.4, 0.5) is 15.0 Å². The Hall–Kier alpha value is -5.31. The van der Waals surface area contributed by atoms with Gasteiger partial charge in [-0.1, -0.05) is 33.6 Å². The molecule has 0 bridgehead atoms. The summed E-state index contributed by atoms with van der Waals surface area (Å²) in [7, 11) is 0. The molecule has 1 unspecified atom stereocenters. The van der Waals surface area contributed by atoms with Crippen LogP contribution in [0.3, 0.4) is 0 Å². The van der Waals surface area contributed by atoms with Gasteiger partial charge in [-0.05, 0) is 20.8 Å². The molecule has 1 fully saturated rings. The summed E-state index contributed by atoms with van der Waals surface area (Å²) >= 11 is 0. The van der Waals surface area contributed by atoms with Crippen LogP contribution >= 0.6 is 0 Å². The second kappa shape index (κ2) is 14.4. The zero-order valence-corrected chi connectivity index (χ0v) is 27.9. The van der Waals surface area contributed by atoms with Gasteiger partial charge in [0.2, 0.25) is 5.60 Å². The number of hydrogen-bond donors (Lipinski definition) is 1. The molecular formula is C31H36FN5O12. The van der Waals surface area contributed by atoms with Crippen molar-refractivity contribution < 1.29 is 56.1 Å². The van der Waals surface area contributed by atoms with E-state index in [4.69, 9.17) is 38.9 Å². The van der Waals surface area contributed by atoms with Crippen LogP contribution in [0.1, 0.15) is 65.5 Å². The van der Waals surface area contributed by atoms with Gasteiger partial charge in [-0.2, -0.15) is 14.4 Å². The highest BCUT2D eigenvalue weighted by Gasteiger charge is 2.54. The standard InChI is InChI=1S/C31H36FN5O12/c1-9-31(13-44-25(39)15(2)3)22(48-26(40)16(4)5)18(11-45-31)37-14-33-21-23(34-27(32)36-24(21)37)35-28(41)49-30(7,8)10-20(38)43-12-19-17(6)46-29(42)47-19/h1,14-16,18,22H,10-13H2,2-8H3,(H,34,35,36,41)/t18?,22-,31+/m0/s1. The minimum Gasteiger partial charge on any atom is -0.461 e.